The second-order valence-corrected chi connectivity index (χ2v) is 8.39. The molecule has 0 bridgehead atoms. The molecule has 0 amide bonds. The Morgan fingerprint density at radius 1 is 1.24 bits per heavy atom. The van der Waals surface area contributed by atoms with Gasteiger partial charge in [-0.3, -0.25) is 0 Å². The molecular weight excluding hydrogens is 284 g/mol. The molecule has 1 aliphatic carbocycles. The minimum atomic E-state index is -3.39. The molecule has 2 atom stereocenters. The Morgan fingerprint density at radius 3 is 2.57 bits per heavy atom. The topological polar surface area (TPSA) is 49.4 Å². The van der Waals surface area contributed by atoms with Gasteiger partial charge in [0.05, 0.1) is 4.90 Å². The van der Waals surface area contributed by atoms with Gasteiger partial charge in [-0.25, -0.2) is 8.42 Å². The third-order valence-corrected chi connectivity index (χ3v) is 6.53. The van der Waals surface area contributed by atoms with Crippen LogP contribution in [-0.2, 0) is 16.6 Å². The summed E-state index contributed by atoms with van der Waals surface area (Å²) < 4.78 is 27.6. The van der Waals surface area contributed by atoms with E-state index in [1.165, 1.54) is 12.8 Å². The van der Waals surface area contributed by atoms with E-state index < -0.39 is 10.0 Å². The zero-order chi connectivity index (χ0) is 15.0. The monoisotopic (exact) mass is 308 g/mol. The molecule has 2 unspecified atom stereocenters. The van der Waals surface area contributed by atoms with Crippen molar-refractivity contribution in [2.75, 3.05) is 6.54 Å². The van der Waals surface area contributed by atoms with Crippen molar-refractivity contribution >= 4 is 10.0 Å². The smallest absolute Gasteiger partial charge is 0.243 e. The lowest BCUT2D eigenvalue weighted by atomic mass is 10.1. The standard InChI is InChI=1S/C16H24N2O2S/c1-12-9-13(2)18(11-12)21(19,20)16-6-4-3-5-14(16)10-17-15-7-8-15/h3-6,12-13,15,17H,7-11H2,1-2H3. The van der Waals surface area contributed by atoms with Gasteiger partial charge in [0.2, 0.25) is 10.0 Å². The molecule has 2 fully saturated rings. The summed E-state index contributed by atoms with van der Waals surface area (Å²) in [7, 11) is -3.39. The first kappa shape index (κ1) is 15.0. The number of hydrogen-bond acceptors (Lipinski definition) is 3. The number of rotatable bonds is 5. The van der Waals surface area contributed by atoms with E-state index in [4.69, 9.17) is 0 Å². The van der Waals surface area contributed by atoms with Crippen molar-refractivity contribution in [3.8, 4) is 0 Å². The summed E-state index contributed by atoms with van der Waals surface area (Å²) >= 11 is 0. The molecule has 116 valence electrons. The molecule has 4 nitrogen and oxygen atoms in total. The van der Waals surface area contributed by atoms with Gasteiger partial charge in [-0.2, -0.15) is 4.31 Å². The fraction of sp³-hybridized carbons (Fsp3) is 0.625. The molecule has 2 aliphatic rings. The van der Waals surface area contributed by atoms with Crippen LogP contribution in [0.1, 0.15) is 38.7 Å². The van der Waals surface area contributed by atoms with Crippen LogP contribution in [0.2, 0.25) is 0 Å². The summed E-state index contributed by atoms with van der Waals surface area (Å²) in [6.07, 6.45) is 3.35. The number of sulfonamides is 1. The quantitative estimate of drug-likeness (QED) is 0.908. The number of nitrogens with zero attached hydrogens (tertiary/aromatic N) is 1. The van der Waals surface area contributed by atoms with Crippen LogP contribution in [-0.4, -0.2) is 31.4 Å². The van der Waals surface area contributed by atoms with Crippen molar-refractivity contribution in [2.24, 2.45) is 5.92 Å². The van der Waals surface area contributed by atoms with Gasteiger partial charge in [0.1, 0.15) is 0 Å². The van der Waals surface area contributed by atoms with Crippen molar-refractivity contribution in [3.05, 3.63) is 29.8 Å². The fourth-order valence-corrected chi connectivity index (χ4v) is 5.15. The number of hydrogen-bond donors (Lipinski definition) is 1. The Balaban J connectivity index is 1.87. The highest BCUT2D eigenvalue weighted by molar-refractivity contribution is 7.89. The molecule has 1 N–H and O–H groups in total. The zero-order valence-corrected chi connectivity index (χ0v) is 13.6. The summed E-state index contributed by atoms with van der Waals surface area (Å²) in [5.41, 5.74) is 0.885. The van der Waals surface area contributed by atoms with Crippen LogP contribution in [0.5, 0.6) is 0 Å². The van der Waals surface area contributed by atoms with Gasteiger partial charge in [-0.1, -0.05) is 25.1 Å². The van der Waals surface area contributed by atoms with Crippen LogP contribution >= 0.6 is 0 Å². The average Bonchev–Trinajstić information content (AvgIpc) is 3.20. The van der Waals surface area contributed by atoms with Crippen molar-refractivity contribution < 1.29 is 8.42 Å². The average molecular weight is 308 g/mol. The van der Waals surface area contributed by atoms with Crippen molar-refractivity contribution in [1.82, 2.24) is 9.62 Å². The molecule has 1 saturated heterocycles. The molecule has 1 aromatic carbocycles. The van der Waals surface area contributed by atoms with Gasteiger partial charge in [0.25, 0.3) is 0 Å². The highest BCUT2D eigenvalue weighted by atomic mass is 32.2. The van der Waals surface area contributed by atoms with E-state index in [0.717, 1.165) is 12.0 Å². The Labute approximate surface area is 127 Å². The Kier molecular flexibility index (Phi) is 4.08. The SMILES string of the molecule is CC1CC(C)N(S(=O)(=O)c2ccccc2CNC2CC2)C1. The van der Waals surface area contributed by atoms with E-state index in [9.17, 15) is 8.42 Å². The highest BCUT2D eigenvalue weighted by Gasteiger charge is 2.37. The minimum Gasteiger partial charge on any atom is -0.310 e. The van der Waals surface area contributed by atoms with Crippen molar-refractivity contribution in [1.29, 1.82) is 0 Å². The van der Waals surface area contributed by atoms with Gasteiger partial charge in [-0.05, 0) is 43.7 Å². The Morgan fingerprint density at radius 2 is 1.95 bits per heavy atom. The predicted molar refractivity (Wildman–Crippen MR) is 83.4 cm³/mol. The molecule has 1 aliphatic heterocycles. The van der Waals surface area contributed by atoms with Crippen LogP contribution < -0.4 is 5.32 Å². The lowest BCUT2D eigenvalue weighted by Gasteiger charge is -2.22. The third kappa shape index (κ3) is 3.15. The van der Waals surface area contributed by atoms with Crippen molar-refractivity contribution in [2.45, 2.75) is 56.6 Å². The molecule has 21 heavy (non-hydrogen) atoms. The largest absolute Gasteiger partial charge is 0.310 e. The molecule has 1 saturated carbocycles. The Bertz CT molecular complexity index is 610. The molecule has 1 aromatic rings. The molecule has 0 spiro atoms. The first-order chi connectivity index (χ1) is 9.98. The lowest BCUT2D eigenvalue weighted by molar-refractivity contribution is 0.405. The van der Waals surface area contributed by atoms with E-state index >= 15 is 0 Å². The maximum Gasteiger partial charge on any atom is 0.243 e. The summed E-state index contributed by atoms with van der Waals surface area (Å²) in [6, 6.07) is 8.07. The van der Waals surface area contributed by atoms with Gasteiger partial charge in [0, 0.05) is 25.2 Å². The van der Waals surface area contributed by atoms with Crippen LogP contribution in [0, 0.1) is 5.92 Å². The molecular formula is C16H24N2O2S. The van der Waals surface area contributed by atoms with Crippen LogP contribution in [0.4, 0.5) is 0 Å². The molecule has 3 rings (SSSR count). The summed E-state index contributed by atoms with van der Waals surface area (Å²) in [5.74, 6) is 0.437. The van der Waals surface area contributed by atoms with Crippen LogP contribution in [0.3, 0.4) is 0 Å². The van der Waals surface area contributed by atoms with E-state index in [1.54, 1.807) is 10.4 Å². The van der Waals surface area contributed by atoms with Gasteiger partial charge in [-0.15, -0.1) is 0 Å². The zero-order valence-electron chi connectivity index (χ0n) is 12.7. The van der Waals surface area contributed by atoms with Gasteiger partial charge < -0.3 is 5.32 Å². The minimum absolute atomic E-state index is 0.0921. The lowest BCUT2D eigenvalue weighted by Crippen LogP contribution is -2.35. The van der Waals surface area contributed by atoms with Crippen molar-refractivity contribution in [3.63, 3.8) is 0 Å². The first-order valence-electron chi connectivity index (χ1n) is 7.81. The molecule has 0 aromatic heterocycles. The fourth-order valence-electron chi connectivity index (χ4n) is 3.17. The maximum atomic E-state index is 13.0. The summed E-state index contributed by atoms with van der Waals surface area (Å²) in [6.45, 7) is 5.39. The Hall–Kier alpha value is -0.910. The van der Waals surface area contributed by atoms with E-state index in [1.807, 2.05) is 25.1 Å². The normalized spacial score (nSPS) is 27.1. The molecule has 1 heterocycles. The van der Waals surface area contributed by atoms with E-state index in [0.29, 0.717) is 29.9 Å². The maximum absolute atomic E-state index is 13.0. The second kappa shape index (κ2) is 5.71. The predicted octanol–water partition coefficient (Wildman–Crippen LogP) is 2.36. The second-order valence-electron chi connectivity index (χ2n) is 6.53. The first-order valence-corrected chi connectivity index (χ1v) is 9.25. The van der Waals surface area contributed by atoms with Gasteiger partial charge >= 0.3 is 0 Å². The number of benzene rings is 1. The van der Waals surface area contributed by atoms with E-state index in [2.05, 4.69) is 12.2 Å². The summed E-state index contributed by atoms with van der Waals surface area (Å²) in [5, 5.41) is 3.41. The molecule has 0 radical (unpaired) electrons. The third-order valence-electron chi connectivity index (χ3n) is 4.44. The van der Waals surface area contributed by atoms with E-state index in [-0.39, 0.29) is 6.04 Å². The van der Waals surface area contributed by atoms with Gasteiger partial charge in [0.15, 0.2) is 0 Å². The summed E-state index contributed by atoms with van der Waals surface area (Å²) in [4.78, 5) is 0.471. The molecule has 5 heteroatoms. The van der Waals surface area contributed by atoms with Crippen LogP contribution in [0.25, 0.3) is 0 Å². The highest BCUT2D eigenvalue weighted by Crippen LogP contribution is 2.30. The van der Waals surface area contributed by atoms with Crippen LogP contribution in [0.15, 0.2) is 29.2 Å². The number of nitrogens with one attached hydrogen (secondary N) is 1.